The van der Waals surface area contributed by atoms with E-state index in [1.165, 1.54) is 37.0 Å². The molecule has 0 amide bonds. The van der Waals surface area contributed by atoms with Gasteiger partial charge in [-0.25, -0.2) is 4.98 Å². The Bertz CT molecular complexity index is 818. The molecule has 0 aliphatic heterocycles. The Balaban J connectivity index is 1.33. The molecule has 0 radical (unpaired) electrons. The van der Waals surface area contributed by atoms with Crippen molar-refractivity contribution in [2.75, 3.05) is 14.2 Å². The van der Waals surface area contributed by atoms with Crippen molar-refractivity contribution in [1.82, 2.24) is 4.98 Å². The Kier molecular flexibility index (Phi) is 5.34. The van der Waals surface area contributed by atoms with Gasteiger partial charge in [-0.2, -0.15) is 0 Å². The Labute approximate surface area is 163 Å². The van der Waals surface area contributed by atoms with E-state index >= 15 is 0 Å². The third-order valence-corrected chi connectivity index (χ3v) is 6.82. The van der Waals surface area contributed by atoms with E-state index in [4.69, 9.17) is 14.2 Å². The predicted molar refractivity (Wildman–Crippen MR) is 104 cm³/mol. The molecule has 0 spiro atoms. The molecule has 0 N–H and O–H groups in total. The van der Waals surface area contributed by atoms with Gasteiger partial charge in [-0.15, -0.1) is 11.3 Å². The molecule has 6 heteroatoms. The highest BCUT2D eigenvalue weighted by Gasteiger charge is 2.40. The summed E-state index contributed by atoms with van der Waals surface area (Å²) in [5.41, 5.74) is 1.74. The first-order valence-corrected chi connectivity index (χ1v) is 10.4. The summed E-state index contributed by atoms with van der Waals surface area (Å²) >= 11 is 1.53. The molecule has 27 heavy (non-hydrogen) atoms. The molecule has 5 nitrogen and oxygen atoms in total. The first-order chi connectivity index (χ1) is 13.2. The van der Waals surface area contributed by atoms with Gasteiger partial charge in [0.1, 0.15) is 11.6 Å². The van der Waals surface area contributed by atoms with Crippen LogP contribution in [0.25, 0.3) is 10.6 Å². The molecular weight excluding hydrogens is 362 g/mol. The van der Waals surface area contributed by atoms with Gasteiger partial charge in [0, 0.05) is 17.4 Å². The first-order valence-electron chi connectivity index (χ1n) is 9.48. The third-order valence-electron chi connectivity index (χ3n) is 5.88. The van der Waals surface area contributed by atoms with Gasteiger partial charge in [0.2, 0.25) is 0 Å². The second-order valence-corrected chi connectivity index (χ2v) is 8.37. The van der Waals surface area contributed by atoms with Crippen molar-refractivity contribution in [3.8, 4) is 22.1 Å². The molecular formula is C21H25NO4S. The summed E-state index contributed by atoms with van der Waals surface area (Å²) in [4.78, 5) is 16.8. The highest BCUT2D eigenvalue weighted by molar-refractivity contribution is 7.13. The van der Waals surface area contributed by atoms with Crippen molar-refractivity contribution in [2.45, 2.75) is 38.7 Å². The fraction of sp³-hybridized carbons (Fsp3) is 0.524. The van der Waals surface area contributed by atoms with E-state index in [1.54, 1.807) is 14.2 Å². The number of methoxy groups -OCH3 is 2. The van der Waals surface area contributed by atoms with E-state index < -0.39 is 0 Å². The maximum absolute atomic E-state index is 12.2. The number of aromatic nitrogens is 1. The molecule has 0 unspecified atom stereocenters. The van der Waals surface area contributed by atoms with Crippen LogP contribution in [0, 0.1) is 17.8 Å². The average molecular weight is 388 g/mol. The summed E-state index contributed by atoms with van der Waals surface area (Å²) in [5.74, 6) is 3.41. The number of hydrogen-bond acceptors (Lipinski definition) is 6. The van der Waals surface area contributed by atoms with Crippen molar-refractivity contribution < 1.29 is 19.0 Å². The summed E-state index contributed by atoms with van der Waals surface area (Å²) < 4.78 is 16.1. The van der Waals surface area contributed by atoms with Crippen LogP contribution >= 0.6 is 11.3 Å². The smallest absolute Gasteiger partial charge is 0.306 e. The molecule has 2 fully saturated rings. The number of carbonyl (C=O) groups excluding carboxylic acids is 1. The van der Waals surface area contributed by atoms with E-state index in [0.29, 0.717) is 23.8 Å². The lowest BCUT2D eigenvalue weighted by Gasteiger charge is -2.20. The van der Waals surface area contributed by atoms with Crippen LogP contribution in [0.15, 0.2) is 23.6 Å². The topological polar surface area (TPSA) is 57.7 Å². The normalized spacial score (nSPS) is 23.4. The van der Waals surface area contributed by atoms with Gasteiger partial charge in [0.25, 0.3) is 0 Å². The maximum Gasteiger partial charge on any atom is 0.306 e. The molecule has 144 valence electrons. The van der Waals surface area contributed by atoms with Crippen molar-refractivity contribution in [2.24, 2.45) is 17.8 Å². The van der Waals surface area contributed by atoms with E-state index in [0.717, 1.165) is 28.1 Å². The van der Waals surface area contributed by atoms with Crippen LogP contribution in [0.3, 0.4) is 0 Å². The molecule has 1 aromatic carbocycles. The largest absolute Gasteiger partial charge is 0.493 e. The van der Waals surface area contributed by atoms with Crippen LogP contribution in [-0.2, 0) is 16.1 Å². The summed E-state index contributed by atoms with van der Waals surface area (Å²) in [6.45, 7) is 0.240. The highest BCUT2D eigenvalue weighted by Crippen LogP contribution is 2.49. The van der Waals surface area contributed by atoms with E-state index in [2.05, 4.69) is 4.98 Å². The molecule has 2 bridgehead atoms. The molecule has 0 saturated heterocycles. The van der Waals surface area contributed by atoms with Gasteiger partial charge in [-0.1, -0.05) is 6.42 Å². The number of rotatable bonds is 7. The lowest BCUT2D eigenvalue weighted by Crippen LogP contribution is -2.17. The molecule has 3 atom stereocenters. The summed E-state index contributed by atoms with van der Waals surface area (Å²) in [5, 5.41) is 2.81. The highest BCUT2D eigenvalue weighted by atomic mass is 32.1. The van der Waals surface area contributed by atoms with Crippen molar-refractivity contribution >= 4 is 17.3 Å². The number of fused-ring (bicyclic) bond motifs is 2. The Hall–Kier alpha value is -2.08. The average Bonchev–Trinajstić information content (AvgIpc) is 3.42. The Morgan fingerprint density at radius 2 is 2.04 bits per heavy atom. The minimum absolute atomic E-state index is 0.0896. The van der Waals surface area contributed by atoms with Crippen LogP contribution in [-0.4, -0.2) is 25.2 Å². The number of ether oxygens (including phenoxy) is 3. The van der Waals surface area contributed by atoms with E-state index in [1.807, 2.05) is 23.6 Å². The lowest BCUT2D eigenvalue weighted by atomic mass is 9.86. The van der Waals surface area contributed by atoms with Gasteiger partial charge in [-0.3, -0.25) is 4.79 Å². The van der Waals surface area contributed by atoms with E-state index in [-0.39, 0.29) is 12.6 Å². The maximum atomic E-state index is 12.2. The van der Waals surface area contributed by atoms with Crippen LogP contribution < -0.4 is 9.47 Å². The molecule has 1 aromatic heterocycles. The van der Waals surface area contributed by atoms with Crippen molar-refractivity contribution in [1.29, 1.82) is 0 Å². The van der Waals surface area contributed by atoms with Crippen LogP contribution in [0.5, 0.6) is 11.5 Å². The molecule has 2 aliphatic rings. The summed E-state index contributed by atoms with van der Waals surface area (Å²) in [6.07, 6.45) is 5.74. The van der Waals surface area contributed by atoms with Gasteiger partial charge >= 0.3 is 5.97 Å². The van der Waals surface area contributed by atoms with Crippen LogP contribution in [0.2, 0.25) is 0 Å². The van der Waals surface area contributed by atoms with Crippen molar-refractivity contribution in [3.63, 3.8) is 0 Å². The zero-order chi connectivity index (χ0) is 18.8. The summed E-state index contributed by atoms with van der Waals surface area (Å²) in [7, 11) is 3.23. The van der Waals surface area contributed by atoms with Gasteiger partial charge in [0.05, 0.1) is 19.9 Å². The minimum atomic E-state index is -0.0896. The zero-order valence-electron chi connectivity index (χ0n) is 15.8. The fourth-order valence-electron chi connectivity index (χ4n) is 4.53. The zero-order valence-corrected chi connectivity index (χ0v) is 16.6. The number of thiazole rings is 1. The number of nitrogens with zero attached hydrogens (tertiary/aromatic N) is 1. The number of benzene rings is 1. The number of hydrogen-bond donors (Lipinski definition) is 0. The number of esters is 1. The molecule has 4 rings (SSSR count). The number of carbonyl (C=O) groups is 1. The van der Waals surface area contributed by atoms with Crippen molar-refractivity contribution in [3.05, 3.63) is 29.3 Å². The third kappa shape index (κ3) is 3.95. The predicted octanol–water partition coefficient (Wildman–Crippen LogP) is 4.70. The lowest BCUT2D eigenvalue weighted by molar-refractivity contribution is -0.146. The van der Waals surface area contributed by atoms with Crippen LogP contribution in [0.4, 0.5) is 0 Å². The SMILES string of the molecule is COc1ccc(-c2nc(COC(=O)C[C@@H]3C[C@H]4CC[C@@H]3C4)cs2)cc1OC. The van der Waals surface area contributed by atoms with Crippen LogP contribution in [0.1, 0.15) is 37.8 Å². The summed E-state index contributed by atoms with van der Waals surface area (Å²) in [6, 6.07) is 5.72. The van der Waals surface area contributed by atoms with Gasteiger partial charge in [-0.05, 0) is 55.2 Å². The first kappa shape index (κ1) is 18.3. The van der Waals surface area contributed by atoms with Gasteiger partial charge < -0.3 is 14.2 Å². The fourth-order valence-corrected chi connectivity index (χ4v) is 5.33. The minimum Gasteiger partial charge on any atom is -0.493 e. The standard InChI is InChI=1S/C21H25NO4S/c1-24-18-6-5-15(9-19(18)25-2)21-22-17(12-27-21)11-26-20(23)10-16-8-13-3-4-14(16)7-13/h5-6,9,12-14,16H,3-4,7-8,10-11H2,1-2H3/t13-,14+,16-/m0/s1. The van der Waals surface area contributed by atoms with Gasteiger partial charge in [0.15, 0.2) is 11.5 Å². The molecule has 2 aliphatic carbocycles. The Morgan fingerprint density at radius 1 is 1.19 bits per heavy atom. The monoisotopic (exact) mass is 387 g/mol. The molecule has 2 aromatic rings. The quantitative estimate of drug-likeness (QED) is 0.645. The molecule has 1 heterocycles. The molecule has 2 saturated carbocycles. The Morgan fingerprint density at radius 3 is 2.74 bits per heavy atom. The second kappa shape index (κ2) is 7.89. The second-order valence-electron chi connectivity index (χ2n) is 7.51. The van der Waals surface area contributed by atoms with E-state index in [9.17, 15) is 4.79 Å².